The Morgan fingerprint density at radius 2 is 1.40 bits per heavy atom. The summed E-state index contributed by atoms with van der Waals surface area (Å²) in [6, 6.07) is 0. The van der Waals surface area contributed by atoms with Crippen molar-refractivity contribution >= 4 is 6.60 Å². The molecule has 0 bridgehead atoms. The minimum atomic E-state index is -1.53. The molecular weight excluding hydrogens is 199 g/mol. The Bertz CT molecular complexity index is 205. The normalized spacial score (nSPS) is 18.7. The molecule has 0 fully saturated rings. The molecule has 0 saturated heterocycles. The Labute approximate surface area is 98.2 Å². The topological polar surface area (TPSA) is 0 Å². The van der Waals surface area contributed by atoms with Crippen molar-refractivity contribution in [3.63, 3.8) is 0 Å². The van der Waals surface area contributed by atoms with Crippen LogP contribution < -0.4 is 0 Å². The van der Waals surface area contributed by atoms with Crippen molar-refractivity contribution in [3.8, 4) is 0 Å². The molecule has 1 heteroatoms. The van der Waals surface area contributed by atoms with E-state index in [0.29, 0.717) is 5.16 Å². The van der Waals surface area contributed by atoms with Crippen molar-refractivity contribution in [1.82, 2.24) is 0 Å². The number of hydrogen-bond donors (Lipinski definition) is 0. The van der Waals surface area contributed by atoms with Gasteiger partial charge in [0.15, 0.2) is 0 Å². The predicted octanol–water partition coefficient (Wildman–Crippen LogP) is 4.91. The van der Waals surface area contributed by atoms with E-state index < -0.39 is 6.60 Å². The second kappa shape index (κ2) is 4.36. The summed E-state index contributed by atoms with van der Waals surface area (Å²) in [4.78, 5) is 0. The average Bonchev–Trinajstić information content (AvgIpc) is 2.00. The molecule has 15 heavy (non-hydrogen) atoms. The molecule has 0 radical (unpaired) electrons. The third-order valence-corrected chi connectivity index (χ3v) is 11.9. The molecule has 0 aliphatic rings. The monoisotopic (exact) mass is 232 g/mol. The van der Waals surface area contributed by atoms with Gasteiger partial charge in [-0.25, -0.2) is 0 Å². The maximum absolute atomic E-state index is 2.58. The molecule has 94 valence electrons. The summed E-state index contributed by atoms with van der Waals surface area (Å²) in [6.45, 7) is 20.7. The summed E-state index contributed by atoms with van der Waals surface area (Å²) >= 11 is 0. The molecule has 0 aromatic carbocycles. The van der Waals surface area contributed by atoms with Gasteiger partial charge in [0.1, 0.15) is 0 Å². The first-order chi connectivity index (χ1) is 6.44. The molecule has 1 unspecified atom stereocenters. The molecule has 0 saturated carbocycles. The van der Waals surface area contributed by atoms with Gasteiger partial charge >= 0.3 is 97.7 Å². The zero-order valence-electron chi connectivity index (χ0n) is 12.5. The van der Waals surface area contributed by atoms with E-state index in [1.807, 2.05) is 0 Å². The van der Waals surface area contributed by atoms with Crippen LogP contribution in [0, 0.1) is 11.8 Å². The van der Waals surface area contributed by atoms with Gasteiger partial charge in [0.05, 0.1) is 0 Å². The van der Waals surface area contributed by atoms with Gasteiger partial charge in [0.2, 0.25) is 0 Å². The Morgan fingerprint density at radius 1 is 1.00 bits per heavy atom. The summed E-state index contributed by atoms with van der Waals surface area (Å²) in [5.41, 5.74) is 0. The van der Waals surface area contributed by atoms with Crippen LogP contribution in [0.4, 0.5) is 0 Å². The summed E-state index contributed by atoms with van der Waals surface area (Å²) in [5.74, 6) is 1.60. The summed E-state index contributed by atoms with van der Waals surface area (Å²) in [7, 11) is 0. The van der Waals surface area contributed by atoms with Gasteiger partial charge in [-0.15, -0.1) is 0 Å². The SMILES string of the molecule is CCCP(C)(C)(C)C(C)(C)C(C)C(C)C. The van der Waals surface area contributed by atoms with Crippen LogP contribution in [0.5, 0.6) is 0 Å². The second-order valence-electron chi connectivity index (χ2n) is 7.53. The van der Waals surface area contributed by atoms with Gasteiger partial charge in [-0.1, -0.05) is 0 Å². The van der Waals surface area contributed by atoms with Gasteiger partial charge in [-0.2, -0.15) is 0 Å². The van der Waals surface area contributed by atoms with Gasteiger partial charge in [0, 0.05) is 0 Å². The first-order valence-corrected chi connectivity index (χ1v) is 10.2. The molecule has 0 rings (SSSR count). The molecule has 0 aliphatic heterocycles. The zero-order chi connectivity index (χ0) is 12.5. The predicted molar refractivity (Wildman–Crippen MR) is 77.9 cm³/mol. The van der Waals surface area contributed by atoms with E-state index in [2.05, 4.69) is 61.5 Å². The summed E-state index contributed by atoms with van der Waals surface area (Å²) < 4.78 is 0. The first-order valence-electron chi connectivity index (χ1n) is 6.44. The number of hydrogen-bond acceptors (Lipinski definition) is 0. The van der Waals surface area contributed by atoms with E-state index >= 15 is 0 Å². The Balaban J connectivity index is 5.15. The molecule has 0 heterocycles. The van der Waals surface area contributed by atoms with Gasteiger partial charge in [-0.3, -0.25) is 0 Å². The van der Waals surface area contributed by atoms with E-state index in [4.69, 9.17) is 0 Å². The molecule has 0 nitrogen and oxygen atoms in total. The Kier molecular flexibility index (Phi) is 4.49. The van der Waals surface area contributed by atoms with Crippen LogP contribution in [0.15, 0.2) is 0 Å². The van der Waals surface area contributed by atoms with Crippen LogP contribution >= 0.6 is 6.60 Å². The van der Waals surface area contributed by atoms with Crippen molar-refractivity contribution in [2.45, 2.75) is 53.1 Å². The second-order valence-corrected chi connectivity index (χ2v) is 15.4. The third-order valence-electron chi connectivity index (χ3n) is 5.26. The van der Waals surface area contributed by atoms with E-state index in [9.17, 15) is 0 Å². The molecule has 0 spiro atoms. The number of rotatable bonds is 5. The summed E-state index contributed by atoms with van der Waals surface area (Å²) in [6.07, 6.45) is 2.76. The fourth-order valence-electron chi connectivity index (χ4n) is 2.64. The quantitative estimate of drug-likeness (QED) is 0.591. The minimum absolute atomic E-state index is 0.496. The van der Waals surface area contributed by atoms with Crippen LogP contribution in [0.3, 0.4) is 0 Å². The third kappa shape index (κ3) is 2.96. The Morgan fingerprint density at radius 3 is 1.67 bits per heavy atom. The van der Waals surface area contributed by atoms with E-state index in [1.54, 1.807) is 0 Å². The fourth-order valence-corrected chi connectivity index (χ4v) is 6.59. The van der Waals surface area contributed by atoms with Gasteiger partial charge in [0.25, 0.3) is 0 Å². The van der Waals surface area contributed by atoms with Crippen LogP contribution in [-0.2, 0) is 0 Å². The van der Waals surface area contributed by atoms with E-state index in [-0.39, 0.29) is 0 Å². The van der Waals surface area contributed by atoms with Crippen molar-refractivity contribution in [3.05, 3.63) is 0 Å². The first kappa shape index (κ1) is 15.4. The van der Waals surface area contributed by atoms with Crippen molar-refractivity contribution in [2.24, 2.45) is 11.8 Å². The molecule has 0 N–H and O–H groups in total. The molecule has 0 aromatic rings. The molecule has 0 aromatic heterocycles. The van der Waals surface area contributed by atoms with Crippen molar-refractivity contribution in [1.29, 1.82) is 0 Å². The van der Waals surface area contributed by atoms with Crippen LogP contribution in [0.2, 0.25) is 0 Å². The standard InChI is InChI=1S/C14H33P/c1-10-11-15(7,8,9)14(5,6)13(4)12(2)3/h12-13H,10-11H2,1-9H3. The van der Waals surface area contributed by atoms with Gasteiger partial charge < -0.3 is 0 Å². The average molecular weight is 232 g/mol. The van der Waals surface area contributed by atoms with Crippen LogP contribution in [0.1, 0.15) is 48.0 Å². The van der Waals surface area contributed by atoms with Crippen molar-refractivity contribution < 1.29 is 0 Å². The zero-order valence-corrected chi connectivity index (χ0v) is 13.4. The molecule has 1 atom stereocenters. The Hall–Kier alpha value is 0.430. The fraction of sp³-hybridized carbons (Fsp3) is 1.00. The summed E-state index contributed by atoms with van der Waals surface area (Å²) in [5, 5.41) is 0.496. The molecule has 0 aliphatic carbocycles. The maximum atomic E-state index is 2.58. The van der Waals surface area contributed by atoms with Crippen LogP contribution in [0.25, 0.3) is 0 Å². The van der Waals surface area contributed by atoms with Gasteiger partial charge in [-0.05, 0) is 0 Å². The van der Waals surface area contributed by atoms with Crippen LogP contribution in [-0.4, -0.2) is 31.3 Å². The van der Waals surface area contributed by atoms with E-state index in [0.717, 1.165) is 11.8 Å². The molecular formula is C14H33P. The molecule has 0 amide bonds. The van der Waals surface area contributed by atoms with Crippen molar-refractivity contribution in [2.75, 3.05) is 26.2 Å². The van der Waals surface area contributed by atoms with E-state index in [1.165, 1.54) is 12.6 Å².